The molecule has 1 fully saturated rings. The van der Waals surface area contributed by atoms with E-state index in [0.29, 0.717) is 24.5 Å². The second-order valence-electron chi connectivity index (χ2n) is 4.46. The highest BCUT2D eigenvalue weighted by Crippen LogP contribution is 2.22. The van der Waals surface area contributed by atoms with Gasteiger partial charge >= 0.3 is 0 Å². The van der Waals surface area contributed by atoms with Crippen molar-refractivity contribution in [1.29, 1.82) is 5.26 Å². The van der Waals surface area contributed by atoms with Gasteiger partial charge in [0.1, 0.15) is 11.6 Å². The number of piperazine rings is 1. The maximum atomic E-state index is 11.7. The van der Waals surface area contributed by atoms with Gasteiger partial charge in [0.15, 0.2) is 5.82 Å². The Morgan fingerprint density at radius 2 is 2.00 bits per heavy atom. The molecule has 0 saturated carbocycles. The third kappa shape index (κ3) is 1.99. The van der Waals surface area contributed by atoms with Crippen molar-refractivity contribution in [3.05, 3.63) is 16.8 Å². The molecule has 1 saturated heterocycles. The van der Waals surface area contributed by atoms with Gasteiger partial charge in [0.2, 0.25) is 5.91 Å². The van der Waals surface area contributed by atoms with Gasteiger partial charge in [0, 0.05) is 20.1 Å². The number of carbonyl (C=O) groups excluding carboxylic acids is 1. The van der Waals surface area contributed by atoms with Crippen molar-refractivity contribution in [2.24, 2.45) is 0 Å². The zero-order chi connectivity index (χ0) is 13.3. The predicted molar refractivity (Wildman–Crippen MR) is 66.1 cm³/mol. The van der Waals surface area contributed by atoms with Gasteiger partial charge in [-0.3, -0.25) is 4.79 Å². The summed E-state index contributed by atoms with van der Waals surface area (Å²) in [5.74, 6) is 0.548. The molecule has 1 aromatic heterocycles. The van der Waals surface area contributed by atoms with E-state index in [1.54, 1.807) is 11.9 Å². The van der Waals surface area contributed by atoms with Crippen molar-refractivity contribution in [2.75, 3.05) is 31.6 Å². The van der Waals surface area contributed by atoms with Gasteiger partial charge in [-0.05, 0) is 19.4 Å². The van der Waals surface area contributed by atoms with E-state index in [4.69, 9.17) is 0 Å². The summed E-state index contributed by atoms with van der Waals surface area (Å²) in [4.78, 5) is 15.2. The maximum Gasteiger partial charge on any atom is 0.241 e. The molecule has 6 nitrogen and oxygen atoms in total. The highest BCUT2D eigenvalue weighted by Gasteiger charge is 2.25. The summed E-state index contributed by atoms with van der Waals surface area (Å²) in [5.41, 5.74) is 2.09. The monoisotopic (exact) mass is 245 g/mol. The van der Waals surface area contributed by atoms with Crippen LogP contribution in [-0.2, 0) is 4.79 Å². The number of rotatable bonds is 1. The molecule has 94 valence electrons. The lowest BCUT2D eigenvalue weighted by Gasteiger charge is -2.33. The molecular formula is C12H15N5O. The number of amides is 1. The first-order chi connectivity index (χ1) is 8.54. The van der Waals surface area contributed by atoms with Crippen molar-refractivity contribution >= 4 is 11.7 Å². The molecule has 0 aliphatic carbocycles. The number of aromatic nitrogens is 2. The van der Waals surface area contributed by atoms with Gasteiger partial charge < -0.3 is 9.80 Å². The van der Waals surface area contributed by atoms with Crippen LogP contribution in [0.5, 0.6) is 0 Å². The molecule has 0 spiro atoms. The van der Waals surface area contributed by atoms with Crippen LogP contribution in [0.25, 0.3) is 0 Å². The van der Waals surface area contributed by atoms with E-state index in [1.807, 2.05) is 18.7 Å². The van der Waals surface area contributed by atoms with Crippen LogP contribution in [0.3, 0.4) is 0 Å². The largest absolute Gasteiger partial charge is 0.343 e. The Balaban J connectivity index is 2.38. The Hall–Kier alpha value is -2.16. The second-order valence-corrected chi connectivity index (χ2v) is 4.46. The van der Waals surface area contributed by atoms with Crippen LogP contribution in [0.2, 0.25) is 0 Å². The summed E-state index contributed by atoms with van der Waals surface area (Å²) < 4.78 is 0. The molecule has 1 aliphatic heterocycles. The Bertz CT molecular complexity index is 534. The van der Waals surface area contributed by atoms with Crippen LogP contribution >= 0.6 is 0 Å². The number of aryl methyl sites for hydroxylation is 1. The van der Waals surface area contributed by atoms with Crippen molar-refractivity contribution in [3.63, 3.8) is 0 Å². The SMILES string of the molecule is Cc1nnc(N2CCN(C)C(=O)C2)c(C#N)c1C. The van der Waals surface area contributed by atoms with Crippen LogP contribution in [0.4, 0.5) is 5.82 Å². The summed E-state index contributed by atoms with van der Waals surface area (Å²) in [5, 5.41) is 17.3. The fraction of sp³-hybridized carbons (Fsp3) is 0.500. The fourth-order valence-corrected chi connectivity index (χ4v) is 1.89. The van der Waals surface area contributed by atoms with Gasteiger partial charge in [-0.1, -0.05) is 0 Å². The fourth-order valence-electron chi connectivity index (χ4n) is 1.89. The van der Waals surface area contributed by atoms with Crippen LogP contribution in [0.15, 0.2) is 0 Å². The topological polar surface area (TPSA) is 73.1 Å². The zero-order valence-corrected chi connectivity index (χ0v) is 10.8. The molecule has 1 aromatic rings. The summed E-state index contributed by atoms with van der Waals surface area (Å²) in [6, 6.07) is 2.16. The number of nitrogens with zero attached hydrogens (tertiary/aromatic N) is 5. The van der Waals surface area contributed by atoms with E-state index >= 15 is 0 Å². The number of hydrogen-bond acceptors (Lipinski definition) is 5. The van der Waals surface area contributed by atoms with Gasteiger partial charge in [-0.25, -0.2) is 0 Å². The molecule has 2 rings (SSSR count). The lowest BCUT2D eigenvalue weighted by Crippen LogP contribution is -2.49. The van der Waals surface area contributed by atoms with E-state index in [2.05, 4.69) is 16.3 Å². The smallest absolute Gasteiger partial charge is 0.241 e. The first-order valence-electron chi connectivity index (χ1n) is 5.77. The van der Waals surface area contributed by atoms with E-state index in [-0.39, 0.29) is 12.5 Å². The molecular weight excluding hydrogens is 230 g/mol. The Labute approximate surface area is 106 Å². The third-order valence-corrected chi connectivity index (χ3v) is 3.30. The molecule has 0 aromatic carbocycles. The lowest BCUT2D eigenvalue weighted by atomic mass is 10.1. The van der Waals surface area contributed by atoms with E-state index in [0.717, 1.165) is 11.3 Å². The maximum absolute atomic E-state index is 11.7. The second kappa shape index (κ2) is 4.61. The van der Waals surface area contributed by atoms with Crippen LogP contribution in [0.1, 0.15) is 16.8 Å². The Kier molecular flexibility index (Phi) is 3.15. The predicted octanol–water partition coefficient (Wildman–Crippen LogP) is 0.244. The van der Waals surface area contributed by atoms with Gasteiger partial charge in [0.25, 0.3) is 0 Å². The summed E-state index contributed by atoms with van der Waals surface area (Å²) in [6.07, 6.45) is 0. The molecule has 0 bridgehead atoms. The quantitative estimate of drug-likeness (QED) is 0.708. The number of likely N-dealkylation sites (N-methyl/N-ethyl adjacent to an activating group) is 1. The van der Waals surface area contributed by atoms with Crippen LogP contribution in [-0.4, -0.2) is 47.7 Å². The number of nitriles is 1. The normalized spacial score (nSPS) is 15.8. The van der Waals surface area contributed by atoms with E-state index in [9.17, 15) is 10.1 Å². The molecule has 18 heavy (non-hydrogen) atoms. The minimum atomic E-state index is 0.0326. The van der Waals surface area contributed by atoms with Gasteiger partial charge in [-0.2, -0.15) is 10.4 Å². The zero-order valence-electron chi connectivity index (χ0n) is 10.8. The average Bonchev–Trinajstić information content (AvgIpc) is 2.36. The highest BCUT2D eigenvalue weighted by atomic mass is 16.2. The Morgan fingerprint density at radius 3 is 2.61 bits per heavy atom. The molecule has 0 unspecified atom stereocenters. The first kappa shape index (κ1) is 12.3. The van der Waals surface area contributed by atoms with Crippen molar-refractivity contribution in [2.45, 2.75) is 13.8 Å². The Morgan fingerprint density at radius 1 is 1.28 bits per heavy atom. The number of carbonyl (C=O) groups is 1. The highest BCUT2D eigenvalue weighted by molar-refractivity contribution is 5.82. The molecule has 0 atom stereocenters. The molecule has 0 N–H and O–H groups in total. The van der Waals surface area contributed by atoms with Crippen molar-refractivity contribution < 1.29 is 4.79 Å². The summed E-state index contributed by atoms with van der Waals surface area (Å²) >= 11 is 0. The van der Waals surface area contributed by atoms with Crippen LogP contribution in [0, 0.1) is 25.2 Å². The molecule has 1 amide bonds. The van der Waals surface area contributed by atoms with E-state index < -0.39 is 0 Å². The van der Waals surface area contributed by atoms with Crippen LogP contribution < -0.4 is 4.90 Å². The lowest BCUT2D eigenvalue weighted by molar-refractivity contribution is -0.129. The average molecular weight is 245 g/mol. The standard InChI is InChI=1S/C12H15N5O/c1-8-9(2)14-15-12(10(8)6-13)17-5-4-16(3)11(18)7-17/h4-5,7H2,1-3H3. The van der Waals surface area contributed by atoms with Crippen molar-refractivity contribution in [3.8, 4) is 6.07 Å². The summed E-state index contributed by atoms with van der Waals surface area (Å²) in [6.45, 7) is 5.24. The molecule has 2 heterocycles. The van der Waals surface area contributed by atoms with E-state index in [1.165, 1.54) is 0 Å². The number of hydrogen-bond donors (Lipinski definition) is 0. The van der Waals surface area contributed by atoms with Gasteiger partial charge in [0.05, 0.1) is 12.2 Å². The minimum absolute atomic E-state index is 0.0326. The molecule has 1 aliphatic rings. The summed E-state index contributed by atoms with van der Waals surface area (Å²) in [7, 11) is 1.77. The molecule has 6 heteroatoms. The minimum Gasteiger partial charge on any atom is -0.343 e. The molecule has 0 radical (unpaired) electrons. The van der Waals surface area contributed by atoms with Crippen molar-refractivity contribution in [1.82, 2.24) is 15.1 Å². The van der Waals surface area contributed by atoms with Gasteiger partial charge in [-0.15, -0.1) is 5.10 Å². The first-order valence-corrected chi connectivity index (χ1v) is 5.77. The number of anilines is 1. The third-order valence-electron chi connectivity index (χ3n) is 3.30.